The highest BCUT2D eigenvalue weighted by Gasteiger charge is 2.15. The standard InChI is InChI=1S/C16H29N5OS/c1-6-14-19-13(12-23-14)10-18-16(17-7-2)20(5)11-15(22)21(8-3)9-4/h12H,6-11H2,1-5H3,(H,17,18). The molecule has 1 rings (SSSR count). The van der Waals surface area contributed by atoms with Gasteiger partial charge in [0.2, 0.25) is 5.91 Å². The molecule has 0 aromatic carbocycles. The molecule has 1 N–H and O–H groups in total. The number of nitrogens with one attached hydrogen (secondary N) is 1. The smallest absolute Gasteiger partial charge is 0.242 e. The fraction of sp³-hybridized carbons (Fsp3) is 0.688. The lowest BCUT2D eigenvalue weighted by Gasteiger charge is -2.25. The first kappa shape index (κ1) is 19.4. The topological polar surface area (TPSA) is 60.8 Å². The van der Waals surface area contributed by atoms with E-state index in [1.165, 1.54) is 0 Å². The fourth-order valence-corrected chi connectivity index (χ4v) is 2.90. The Morgan fingerprint density at radius 2 is 2.00 bits per heavy atom. The minimum atomic E-state index is 0.116. The van der Waals surface area contributed by atoms with Crippen molar-refractivity contribution < 1.29 is 4.79 Å². The van der Waals surface area contributed by atoms with E-state index in [0.29, 0.717) is 13.1 Å². The molecule has 0 aliphatic carbocycles. The normalized spacial score (nSPS) is 11.4. The molecule has 7 heteroatoms. The predicted molar refractivity (Wildman–Crippen MR) is 96.9 cm³/mol. The van der Waals surface area contributed by atoms with Crippen LogP contribution in [0.1, 0.15) is 38.4 Å². The van der Waals surface area contributed by atoms with Crippen LogP contribution in [0.2, 0.25) is 0 Å². The molecule has 1 aromatic rings. The summed E-state index contributed by atoms with van der Waals surface area (Å²) < 4.78 is 0. The number of hydrogen-bond donors (Lipinski definition) is 1. The van der Waals surface area contributed by atoms with Crippen molar-refractivity contribution in [1.29, 1.82) is 0 Å². The number of aromatic nitrogens is 1. The predicted octanol–water partition coefficient (Wildman–Crippen LogP) is 1.97. The fourth-order valence-electron chi connectivity index (χ4n) is 2.16. The highest BCUT2D eigenvalue weighted by Crippen LogP contribution is 2.11. The minimum Gasteiger partial charge on any atom is -0.357 e. The molecule has 0 radical (unpaired) electrons. The van der Waals surface area contributed by atoms with E-state index in [-0.39, 0.29) is 5.91 Å². The summed E-state index contributed by atoms with van der Waals surface area (Å²) in [4.78, 5) is 25.1. The van der Waals surface area contributed by atoms with Crippen LogP contribution >= 0.6 is 11.3 Å². The molecular weight excluding hydrogens is 310 g/mol. The molecular formula is C16H29N5OS. The van der Waals surface area contributed by atoms with E-state index in [4.69, 9.17) is 0 Å². The summed E-state index contributed by atoms with van der Waals surface area (Å²) in [5.74, 6) is 0.851. The van der Waals surface area contributed by atoms with Crippen LogP contribution in [0.4, 0.5) is 0 Å². The highest BCUT2D eigenvalue weighted by atomic mass is 32.1. The average molecular weight is 340 g/mol. The van der Waals surface area contributed by atoms with Crippen molar-refractivity contribution in [3.8, 4) is 0 Å². The number of likely N-dealkylation sites (N-methyl/N-ethyl adjacent to an activating group) is 2. The summed E-state index contributed by atoms with van der Waals surface area (Å²) in [7, 11) is 1.89. The second-order valence-electron chi connectivity index (χ2n) is 5.18. The Kier molecular flexibility index (Phi) is 8.61. The second kappa shape index (κ2) is 10.2. The van der Waals surface area contributed by atoms with Gasteiger partial charge < -0.3 is 15.1 Å². The van der Waals surface area contributed by atoms with E-state index in [1.54, 1.807) is 11.3 Å². The van der Waals surface area contributed by atoms with Gasteiger partial charge in [-0.05, 0) is 27.2 Å². The Hall–Kier alpha value is -1.63. The maximum absolute atomic E-state index is 12.2. The Morgan fingerprint density at radius 1 is 1.30 bits per heavy atom. The lowest BCUT2D eigenvalue weighted by Crippen LogP contribution is -2.45. The van der Waals surface area contributed by atoms with Gasteiger partial charge in [-0.25, -0.2) is 9.98 Å². The SMILES string of the molecule is CCNC(=NCc1csc(CC)n1)N(C)CC(=O)N(CC)CC. The van der Waals surface area contributed by atoms with Gasteiger partial charge in [0.25, 0.3) is 0 Å². The van der Waals surface area contributed by atoms with E-state index in [1.807, 2.05) is 43.0 Å². The molecule has 130 valence electrons. The van der Waals surface area contributed by atoms with Gasteiger partial charge >= 0.3 is 0 Å². The molecule has 0 unspecified atom stereocenters. The molecule has 0 aliphatic rings. The van der Waals surface area contributed by atoms with E-state index in [0.717, 1.165) is 42.7 Å². The second-order valence-corrected chi connectivity index (χ2v) is 6.12. The van der Waals surface area contributed by atoms with Gasteiger partial charge in [-0.15, -0.1) is 11.3 Å². The summed E-state index contributed by atoms with van der Waals surface area (Å²) in [6.45, 7) is 11.2. The maximum Gasteiger partial charge on any atom is 0.242 e. The summed E-state index contributed by atoms with van der Waals surface area (Å²) >= 11 is 1.67. The zero-order valence-electron chi connectivity index (χ0n) is 14.9. The number of rotatable bonds is 8. The molecule has 1 heterocycles. The number of carbonyl (C=O) groups excluding carboxylic acids is 1. The van der Waals surface area contributed by atoms with Crippen LogP contribution in [0.15, 0.2) is 10.4 Å². The minimum absolute atomic E-state index is 0.116. The Bertz CT molecular complexity index is 510. The Balaban J connectivity index is 2.71. The number of amides is 1. The zero-order valence-corrected chi connectivity index (χ0v) is 15.7. The number of nitrogens with zero attached hydrogens (tertiary/aromatic N) is 4. The van der Waals surface area contributed by atoms with Gasteiger partial charge in [0.05, 0.1) is 23.8 Å². The lowest BCUT2D eigenvalue weighted by atomic mass is 10.4. The summed E-state index contributed by atoms with van der Waals surface area (Å²) in [6.07, 6.45) is 0.951. The van der Waals surface area contributed by atoms with Crippen LogP contribution in [0, 0.1) is 0 Å². The van der Waals surface area contributed by atoms with Crippen LogP contribution < -0.4 is 5.32 Å². The Morgan fingerprint density at radius 3 is 2.52 bits per heavy atom. The van der Waals surface area contributed by atoms with E-state index < -0.39 is 0 Å². The molecule has 0 aliphatic heterocycles. The number of aryl methyl sites for hydroxylation is 1. The largest absolute Gasteiger partial charge is 0.357 e. The molecule has 0 spiro atoms. The van der Waals surface area contributed by atoms with Crippen LogP contribution in [0.5, 0.6) is 0 Å². The monoisotopic (exact) mass is 339 g/mol. The molecule has 1 aromatic heterocycles. The first-order valence-electron chi connectivity index (χ1n) is 8.26. The van der Waals surface area contributed by atoms with Crippen LogP contribution in [-0.4, -0.2) is 59.9 Å². The van der Waals surface area contributed by atoms with Gasteiger partial charge in [0.15, 0.2) is 5.96 Å². The molecule has 0 bridgehead atoms. The molecule has 23 heavy (non-hydrogen) atoms. The number of thiazole rings is 1. The summed E-state index contributed by atoms with van der Waals surface area (Å²) in [6, 6.07) is 0. The van der Waals surface area contributed by atoms with Gasteiger partial charge in [-0.2, -0.15) is 0 Å². The quantitative estimate of drug-likeness (QED) is 0.581. The summed E-state index contributed by atoms with van der Waals surface area (Å²) in [5.41, 5.74) is 0.978. The maximum atomic E-state index is 12.2. The third-order valence-electron chi connectivity index (χ3n) is 3.48. The van der Waals surface area contributed by atoms with Crippen molar-refractivity contribution >= 4 is 23.2 Å². The lowest BCUT2D eigenvalue weighted by molar-refractivity contribution is -0.131. The highest BCUT2D eigenvalue weighted by molar-refractivity contribution is 7.09. The molecule has 1 amide bonds. The number of hydrogen-bond acceptors (Lipinski definition) is 4. The van der Waals surface area contributed by atoms with Gasteiger partial charge in [-0.1, -0.05) is 6.92 Å². The number of aliphatic imine (C=N–C) groups is 1. The Labute approximate surface area is 143 Å². The third-order valence-corrected chi connectivity index (χ3v) is 4.52. The molecule has 0 atom stereocenters. The first-order valence-corrected chi connectivity index (χ1v) is 9.14. The van der Waals surface area contributed by atoms with Crippen molar-refractivity contribution in [1.82, 2.24) is 20.1 Å². The van der Waals surface area contributed by atoms with E-state index >= 15 is 0 Å². The van der Waals surface area contributed by atoms with Crippen LogP contribution in [0.25, 0.3) is 0 Å². The van der Waals surface area contributed by atoms with Crippen LogP contribution in [-0.2, 0) is 17.8 Å². The molecule has 0 saturated heterocycles. The molecule has 0 saturated carbocycles. The van der Waals surface area contributed by atoms with E-state index in [2.05, 4.69) is 22.2 Å². The van der Waals surface area contributed by atoms with Crippen LogP contribution in [0.3, 0.4) is 0 Å². The third kappa shape index (κ3) is 6.17. The van der Waals surface area contributed by atoms with Crippen molar-refractivity contribution in [2.45, 2.75) is 40.7 Å². The average Bonchev–Trinajstić information content (AvgIpc) is 3.00. The van der Waals surface area contributed by atoms with Gasteiger partial charge in [0, 0.05) is 32.1 Å². The van der Waals surface area contributed by atoms with Gasteiger partial charge in [-0.3, -0.25) is 4.79 Å². The summed E-state index contributed by atoms with van der Waals surface area (Å²) in [5, 5.41) is 6.41. The van der Waals surface area contributed by atoms with Crippen molar-refractivity contribution in [2.75, 3.05) is 33.2 Å². The first-order chi connectivity index (χ1) is 11.0. The van der Waals surface area contributed by atoms with Crippen molar-refractivity contribution in [3.63, 3.8) is 0 Å². The zero-order chi connectivity index (χ0) is 17.2. The van der Waals surface area contributed by atoms with Crippen molar-refractivity contribution in [3.05, 3.63) is 16.1 Å². The number of carbonyl (C=O) groups is 1. The van der Waals surface area contributed by atoms with Crippen molar-refractivity contribution in [2.24, 2.45) is 4.99 Å². The molecule has 0 fully saturated rings. The molecule has 6 nitrogen and oxygen atoms in total. The van der Waals surface area contributed by atoms with Gasteiger partial charge in [0.1, 0.15) is 0 Å². The number of guanidine groups is 1. The van der Waals surface area contributed by atoms with E-state index in [9.17, 15) is 4.79 Å².